The highest BCUT2D eigenvalue weighted by atomic mass is 19.3. The molecule has 0 atom stereocenters. The maximum Gasteiger partial charge on any atom is 0.387 e. The molecule has 0 aliphatic rings. The number of alkyl halides is 2. The molecule has 0 aliphatic heterocycles. The Morgan fingerprint density at radius 1 is 1.33 bits per heavy atom. The lowest BCUT2D eigenvalue weighted by molar-refractivity contribution is -0.137. The van der Waals surface area contributed by atoms with Crippen LogP contribution in [0.25, 0.3) is 0 Å². The summed E-state index contributed by atoms with van der Waals surface area (Å²) >= 11 is 0. The number of rotatable bonds is 8. The Kier molecular flexibility index (Phi) is 6.54. The minimum Gasteiger partial charge on any atom is -0.481 e. The zero-order valence-corrected chi connectivity index (χ0v) is 11.4. The van der Waals surface area contributed by atoms with Crippen LogP contribution in [0.3, 0.4) is 0 Å². The summed E-state index contributed by atoms with van der Waals surface area (Å²) in [7, 11) is 1.63. The standard InChI is InChI=1S/C13H16F2N2O4/c1-17(7-6-12(19)20)8-11(18)16-9-2-4-10(5-3-9)21-13(14)15/h2-5,13H,6-8H2,1H3,(H,16,18)(H,19,20). The average Bonchev–Trinajstić information content (AvgIpc) is 2.38. The van der Waals surface area contributed by atoms with Gasteiger partial charge in [-0.1, -0.05) is 0 Å². The maximum atomic E-state index is 12.0. The van der Waals surface area contributed by atoms with Gasteiger partial charge in [0, 0.05) is 12.2 Å². The third-order valence-corrected chi connectivity index (χ3v) is 2.48. The molecule has 1 rings (SSSR count). The van der Waals surface area contributed by atoms with Gasteiger partial charge in [-0.3, -0.25) is 14.5 Å². The van der Waals surface area contributed by atoms with Crippen LogP contribution in [0, 0.1) is 0 Å². The van der Waals surface area contributed by atoms with Crippen molar-refractivity contribution >= 4 is 17.6 Å². The molecule has 0 heterocycles. The second-order valence-corrected chi connectivity index (χ2v) is 4.33. The highest BCUT2D eigenvalue weighted by molar-refractivity contribution is 5.92. The number of carboxylic acids is 1. The Morgan fingerprint density at radius 2 is 1.95 bits per heavy atom. The lowest BCUT2D eigenvalue weighted by Crippen LogP contribution is -2.31. The first-order valence-corrected chi connectivity index (χ1v) is 6.12. The molecule has 116 valence electrons. The van der Waals surface area contributed by atoms with Crippen LogP contribution >= 0.6 is 0 Å². The number of nitrogens with one attached hydrogen (secondary N) is 1. The van der Waals surface area contributed by atoms with E-state index < -0.39 is 12.6 Å². The molecule has 1 amide bonds. The number of aliphatic carboxylic acids is 1. The Morgan fingerprint density at radius 3 is 2.48 bits per heavy atom. The van der Waals surface area contributed by atoms with Gasteiger partial charge in [0.15, 0.2) is 0 Å². The van der Waals surface area contributed by atoms with Crippen LogP contribution in [-0.2, 0) is 9.59 Å². The number of hydrogen-bond donors (Lipinski definition) is 2. The Bertz CT molecular complexity index is 480. The fraction of sp³-hybridized carbons (Fsp3) is 0.385. The van der Waals surface area contributed by atoms with E-state index in [0.717, 1.165) is 0 Å². The summed E-state index contributed by atoms with van der Waals surface area (Å²) in [5, 5.41) is 11.1. The van der Waals surface area contributed by atoms with Crippen LogP contribution in [0.15, 0.2) is 24.3 Å². The van der Waals surface area contributed by atoms with Crippen LogP contribution in [0.2, 0.25) is 0 Å². The monoisotopic (exact) mass is 302 g/mol. The molecule has 0 saturated heterocycles. The van der Waals surface area contributed by atoms with Gasteiger partial charge in [-0.25, -0.2) is 0 Å². The Labute approximate surface area is 120 Å². The fourth-order valence-electron chi connectivity index (χ4n) is 1.53. The number of halogens is 2. The van der Waals surface area contributed by atoms with E-state index in [2.05, 4.69) is 10.1 Å². The number of hydrogen-bond acceptors (Lipinski definition) is 4. The van der Waals surface area contributed by atoms with E-state index in [-0.39, 0.29) is 31.2 Å². The molecule has 6 nitrogen and oxygen atoms in total. The number of benzene rings is 1. The van der Waals surface area contributed by atoms with Crippen LogP contribution < -0.4 is 10.1 Å². The first-order chi connectivity index (χ1) is 9.86. The predicted octanol–water partition coefficient (Wildman–Crippen LogP) is 1.63. The molecule has 1 aromatic carbocycles. The van der Waals surface area contributed by atoms with Crippen LogP contribution in [0.1, 0.15) is 6.42 Å². The average molecular weight is 302 g/mol. The molecule has 0 aliphatic carbocycles. The van der Waals surface area contributed by atoms with Crippen molar-refractivity contribution in [2.45, 2.75) is 13.0 Å². The van der Waals surface area contributed by atoms with Gasteiger partial charge < -0.3 is 15.2 Å². The summed E-state index contributed by atoms with van der Waals surface area (Å²) in [6, 6.07) is 5.51. The van der Waals surface area contributed by atoms with Crippen molar-refractivity contribution in [3.8, 4) is 5.75 Å². The van der Waals surface area contributed by atoms with E-state index in [1.165, 1.54) is 24.3 Å². The van der Waals surface area contributed by atoms with E-state index in [1.54, 1.807) is 11.9 Å². The Balaban J connectivity index is 2.42. The number of likely N-dealkylation sites (N-methyl/N-ethyl adjacent to an activating group) is 1. The zero-order chi connectivity index (χ0) is 15.8. The molecule has 0 radical (unpaired) electrons. The minimum atomic E-state index is -2.90. The van der Waals surface area contributed by atoms with E-state index in [0.29, 0.717) is 5.69 Å². The molecule has 8 heteroatoms. The minimum absolute atomic E-state index is 0.00146. The topological polar surface area (TPSA) is 78.9 Å². The van der Waals surface area contributed by atoms with Crippen molar-refractivity contribution in [3.05, 3.63) is 24.3 Å². The van der Waals surface area contributed by atoms with Gasteiger partial charge >= 0.3 is 12.6 Å². The lowest BCUT2D eigenvalue weighted by Gasteiger charge is -2.15. The van der Waals surface area contributed by atoms with Crippen LogP contribution in [0.4, 0.5) is 14.5 Å². The zero-order valence-electron chi connectivity index (χ0n) is 11.4. The van der Waals surface area contributed by atoms with E-state index >= 15 is 0 Å². The van der Waals surface area contributed by atoms with Gasteiger partial charge in [0.2, 0.25) is 5.91 Å². The molecule has 0 unspecified atom stereocenters. The van der Waals surface area contributed by atoms with E-state index in [1.807, 2.05) is 0 Å². The Hall–Kier alpha value is -2.22. The van der Waals surface area contributed by atoms with Gasteiger partial charge in [-0.05, 0) is 31.3 Å². The van der Waals surface area contributed by atoms with Crippen molar-refractivity contribution in [2.24, 2.45) is 0 Å². The number of carbonyl (C=O) groups excluding carboxylic acids is 1. The lowest BCUT2D eigenvalue weighted by atomic mass is 10.3. The van der Waals surface area contributed by atoms with Gasteiger partial charge in [-0.2, -0.15) is 8.78 Å². The van der Waals surface area contributed by atoms with E-state index in [9.17, 15) is 18.4 Å². The first-order valence-electron chi connectivity index (χ1n) is 6.12. The quantitative estimate of drug-likeness (QED) is 0.763. The second kappa shape index (κ2) is 8.15. The second-order valence-electron chi connectivity index (χ2n) is 4.33. The highest BCUT2D eigenvalue weighted by Gasteiger charge is 2.09. The summed E-state index contributed by atoms with van der Waals surface area (Å²) in [5.41, 5.74) is 0.438. The van der Waals surface area contributed by atoms with Gasteiger partial charge in [0.05, 0.1) is 13.0 Å². The molecular formula is C13H16F2N2O4. The third-order valence-electron chi connectivity index (χ3n) is 2.48. The predicted molar refractivity (Wildman–Crippen MR) is 71.5 cm³/mol. The summed E-state index contributed by atoms with van der Waals surface area (Å²) in [5.74, 6) is -1.26. The highest BCUT2D eigenvalue weighted by Crippen LogP contribution is 2.17. The fourth-order valence-corrected chi connectivity index (χ4v) is 1.53. The maximum absolute atomic E-state index is 12.0. The molecule has 0 fully saturated rings. The van der Waals surface area contributed by atoms with Gasteiger partial charge in [0.25, 0.3) is 0 Å². The molecule has 0 aromatic heterocycles. The molecule has 2 N–H and O–H groups in total. The molecule has 0 saturated carbocycles. The molecule has 21 heavy (non-hydrogen) atoms. The first kappa shape index (κ1) is 16.8. The molecule has 1 aromatic rings. The third kappa shape index (κ3) is 7.21. The summed E-state index contributed by atoms with van der Waals surface area (Å²) in [6.45, 7) is -2.61. The number of carboxylic acid groups (broad SMARTS) is 1. The number of amides is 1. The summed E-state index contributed by atoms with van der Waals surface area (Å²) in [4.78, 5) is 23.6. The van der Waals surface area contributed by atoms with Crippen molar-refractivity contribution in [1.82, 2.24) is 4.90 Å². The van der Waals surface area contributed by atoms with Gasteiger partial charge in [0.1, 0.15) is 5.75 Å². The number of ether oxygens (including phenoxy) is 1. The van der Waals surface area contributed by atoms with Crippen molar-refractivity contribution in [3.63, 3.8) is 0 Å². The van der Waals surface area contributed by atoms with Crippen molar-refractivity contribution in [2.75, 3.05) is 25.5 Å². The number of anilines is 1. The summed E-state index contributed by atoms with van der Waals surface area (Å²) in [6.07, 6.45) is -0.0521. The number of carbonyl (C=O) groups is 2. The normalized spacial score (nSPS) is 10.7. The smallest absolute Gasteiger partial charge is 0.387 e. The molecule has 0 spiro atoms. The van der Waals surface area contributed by atoms with Crippen molar-refractivity contribution in [1.29, 1.82) is 0 Å². The van der Waals surface area contributed by atoms with E-state index in [4.69, 9.17) is 5.11 Å². The molecule has 0 bridgehead atoms. The SMILES string of the molecule is CN(CCC(=O)O)CC(=O)Nc1ccc(OC(F)F)cc1. The van der Waals surface area contributed by atoms with Crippen molar-refractivity contribution < 1.29 is 28.2 Å². The van der Waals surface area contributed by atoms with Crippen LogP contribution in [0.5, 0.6) is 5.75 Å². The number of nitrogens with zero attached hydrogens (tertiary/aromatic N) is 1. The van der Waals surface area contributed by atoms with Gasteiger partial charge in [-0.15, -0.1) is 0 Å². The largest absolute Gasteiger partial charge is 0.481 e. The van der Waals surface area contributed by atoms with Crippen LogP contribution in [-0.4, -0.2) is 48.6 Å². The molecular weight excluding hydrogens is 286 g/mol. The summed E-state index contributed by atoms with van der Waals surface area (Å²) < 4.78 is 28.1.